The predicted octanol–water partition coefficient (Wildman–Crippen LogP) is 18.2. The van der Waals surface area contributed by atoms with Crippen molar-refractivity contribution in [3.05, 3.63) is 29.8 Å². The lowest BCUT2D eigenvalue weighted by Gasteiger charge is -2.21. The van der Waals surface area contributed by atoms with Crippen LogP contribution in [0.1, 0.15) is 265 Å². The second-order valence-corrected chi connectivity index (χ2v) is 34.7. The fourth-order valence-corrected chi connectivity index (χ4v) is 5.71. The molecule has 0 bridgehead atoms. The molecule has 1 rings (SSSR count). The summed E-state index contributed by atoms with van der Waals surface area (Å²) in [6.45, 7) is 64.9. The molecule has 80 heavy (non-hydrogen) atoms. The van der Waals surface area contributed by atoms with Gasteiger partial charge in [0.05, 0.1) is 12.5 Å². The maximum atomic E-state index is 10.3. The zero-order valence-electron chi connectivity index (χ0n) is 58.7. The van der Waals surface area contributed by atoms with Crippen molar-refractivity contribution in [3.63, 3.8) is 0 Å². The van der Waals surface area contributed by atoms with Crippen LogP contribution in [-0.2, 0) is 25.6 Å². The Bertz CT molecular complexity index is 1560. The fraction of sp³-hybridized carbons (Fsp3) is 0.848. The average molecular weight is 1200 g/mol. The number of amides is 2. The van der Waals surface area contributed by atoms with Crippen LogP contribution in [0, 0.1) is 54.1 Å². The number of carboxylic acids is 2. The number of aliphatic hydroxyl groups excluding tert-OH is 2. The molecule has 0 aliphatic heterocycles. The second kappa shape index (κ2) is 47.2. The van der Waals surface area contributed by atoms with Gasteiger partial charge in [-0.3, -0.25) is 19.2 Å². The lowest BCUT2D eigenvalue weighted by atomic mass is 9.88. The van der Waals surface area contributed by atoms with Gasteiger partial charge in [0.2, 0.25) is 11.8 Å². The third-order valence-corrected chi connectivity index (χ3v) is 11.8. The molecular weight excluding hydrogens is 1060 g/mol. The van der Waals surface area contributed by atoms with Gasteiger partial charge in [0.15, 0.2) is 0 Å². The Kier molecular flexibility index (Phi) is 57.2. The van der Waals surface area contributed by atoms with E-state index in [0.717, 1.165) is 25.0 Å². The van der Waals surface area contributed by atoms with Crippen LogP contribution < -0.4 is 11.5 Å². The number of primary amides is 2. The molecule has 9 N–H and O–H groups in total. The number of nitrogens with two attached hydrogens (primary N) is 2. The highest BCUT2D eigenvalue weighted by Crippen LogP contribution is 2.24. The third-order valence-electron chi connectivity index (χ3n) is 9.10. The Morgan fingerprint density at radius 1 is 0.487 bits per heavy atom. The van der Waals surface area contributed by atoms with E-state index in [4.69, 9.17) is 37.0 Å². The number of thiol groups is 1. The number of hydrogen-bond donors (Lipinski definition) is 8. The first-order chi connectivity index (χ1) is 34.8. The van der Waals surface area contributed by atoms with Crippen LogP contribution >= 0.6 is 36.2 Å². The number of aliphatic carboxylic acids is 2. The van der Waals surface area contributed by atoms with Crippen LogP contribution in [0.3, 0.4) is 0 Å². The van der Waals surface area contributed by atoms with Crippen molar-refractivity contribution in [2.75, 3.05) is 36.4 Å². The summed E-state index contributed by atoms with van der Waals surface area (Å²) in [5.74, 6) is 2.00. The lowest BCUT2D eigenvalue weighted by molar-refractivity contribution is -0.139. The molecule has 1 unspecified atom stereocenters. The number of carbonyl (C=O) groups is 4. The van der Waals surface area contributed by atoms with Gasteiger partial charge in [-0.05, 0) is 134 Å². The standard InChI is InChI=1S/C11H16O.C7H15NO.C7H14O2.C7H16S.C6H13NO.C6H12O2.C6H14O.C6H14S.C5H12O.C5H12S/c1-11(2,3)8-9-4-6-10(12)7-5-9;2*1-7(2,3)5-4-6(8)9;1-7(2,3)5-6-8-4;2*1-6(2,3)4-5(7)8;1-5(7)6(2,3)4;1-6(2,3)5-7-4;2*1-5(2,3)4-6/h4-7,12H,8H2,1-3H3;4-5H2,1-3H3,(H2,8,9);4-5H2,1-3H3,(H,8,9);5-6H2,1-4H3;4H2,1-3H3,(H2,7,8);4H2,1-3H3,(H,7,8);5,7H,1-4H3;5H2,1-4H3;2*6H,4H2,1-3H3. The molecule has 0 radical (unpaired) electrons. The van der Waals surface area contributed by atoms with Crippen molar-refractivity contribution >= 4 is 59.9 Å². The molecule has 0 aliphatic carbocycles. The van der Waals surface area contributed by atoms with Gasteiger partial charge in [-0.1, -0.05) is 220 Å². The summed E-state index contributed by atoms with van der Waals surface area (Å²) in [5, 5.41) is 42.9. The molecule has 14 heteroatoms. The van der Waals surface area contributed by atoms with Crippen LogP contribution in [0.15, 0.2) is 24.3 Å². The zero-order chi connectivity index (χ0) is 66.8. The summed E-state index contributed by atoms with van der Waals surface area (Å²) in [6.07, 6.45) is 9.60. The molecule has 11 nitrogen and oxygen atoms in total. The molecule has 484 valence electrons. The molecule has 0 aromatic heterocycles. The summed E-state index contributed by atoms with van der Waals surface area (Å²) in [7, 11) is 0. The average Bonchev–Trinajstić information content (AvgIpc) is 3.17. The number of phenolic OH excluding ortho intramolecular Hbond substituents is 1. The van der Waals surface area contributed by atoms with Crippen LogP contribution in [0.25, 0.3) is 0 Å². The number of benzene rings is 1. The summed E-state index contributed by atoms with van der Waals surface area (Å²) in [5.41, 5.74) is 13.4. The van der Waals surface area contributed by atoms with Crippen molar-refractivity contribution in [2.45, 2.75) is 272 Å². The van der Waals surface area contributed by atoms with E-state index in [-0.39, 0.29) is 69.9 Å². The van der Waals surface area contributed by atoms with Crippen molar-refractivity contribution in [1.29, 1.82) is 0 Å². The lowest BCUT2D eigenvalue weighted by Crippen LogP contribution is -2.21. The van der Waals surface area contributed by atoms with E-state index in [1.807, 2.05) is 140 Å². The summed E-state index contributed by atoms with van der Waals surface area (Å²) < 4.78 is 0. The molecule has 0 heterocycles. The minimum absolute atomic E-state index is 0.0475. The van der Waals surface area contributed by atoms with Crippen LogP contribution in [-0.4, -0.2) is 91.8 Å². The van der Waals surface area contributed by atoms with E-state index in [1.165, 1.54) is 23.5 Å². The van der Waals surface area contributed by atoms with Crippen molar-refractivity contribution in [2.24, 2.45) is 65.6 Å². The number of carbonyl (C=O) groups excluding carboxylic acids is 2. The first kappa shape index (κ1) is 97.0. The topological polar surface area (TPSA) is 221 Å². The number of aromatic hydroxyl groups is 1. The van der Waals surface area contributed by atoms with Gasteiger partial charge in [0.1, 0.15) is 5.75 Å². The quantitative estimate of drug-likeness (QED) is 0.103. The molecule has 1 aromatic carbocycles. The highest BCUT2D eigenvalue weighted by atomic mass is 32.2. The van der Waals surface area contributed by atoms with Gasteiger partial charge in [-0.15, -0.1) is 0 Å². The number of carboxylic acid groups (broad SMARTS) is 2. The van der Waals surface area contributed by atoms with E-state index in [1.54, 1.807) is 19.1 Å². The summed E-state index contributed by atoms with van der Waals surface area (Å²) >= 11 is 7.94. The highest BCUT2D eigenvalue weighted by Gasteiger charge is 2.17. The molecular formula is C66H138N2O9S3. The van der Waals surface area contributed by atoms with Crippen LogP contribution in [0.5, 0.6) is 5.75 Å². The first-order valence-electron chi connectivity index (χ1n) is 28.5. The van der Waals surface area contributed by atoms with Gasteiger partial charge in [0, 0.05) is 25.9 Å². The minimum Gasteiger partial charge on any atom is -0.508 e. The Labute approximate surface area is 511 Å². The van der Waals surface area contributed by atoms with E-state index >= 15 is 0 Å². The van der Waals surface area contributed by atoms with Crippen molar-refractivity contribution in [1.82, 2.24) is 0 Å². The molecule has 0 aliphatic rings. The van der Waals surface area contributed by atoms with E-state index in [0.29, 0.717) is 40.3 Å². The molecule has 0 saturated heterocycles. The summed E-state index contributed by atoms with van der Waals surface area (Å²) in [6, 6.07) is 7.42. The second-order valence-electron chi connectivity index (χ2n) is 32.5. The zero-order valence-corrected chi connectivity index (χ0v) is 61.2. The monoisotopic (exact) mass is 1200 g/mol. The Balaban J connectivity index is -0.000000101. The van der Waals surface area contributed by atoms with Gasteiger partial charge >= 0.3 is 11.9 Å². The number of rotatable bonds is 10. The number of phenols is 1. The van der Waals surface area contributed by atoms with Gasteiger partial charge < -0.3 is 37.0 Å². The molecule has 0 saturated carbocycles. The molecule has 1 atom stereocenters. The molecule has 0 spiro atoms. The molecule has 0 fully saturated rings. The van der Waals surface area contributed by atoms with E-state index < -0.39 is 11.9 Å². The highest BCUT2D eigenvalue weighted by molar-refractivity contribution is 7.98. The third kappa shape index (κ3) is 136. The predicted molar refractivity (Wildman–Crippen MR) is 362 cm³/mol. The number of hydrogen-bond acceptors (Lipinski definition) is 10. The Hall–Kier alpha value is -2.13. The number of aliphatic hydroxyl groups is 2. The minimum atomic E-state index is -0.725. The van der Waals surface area contributed by atoms with Crippen molar-refractivity contribution < 1.29 is 44.7 Å². The normalized spacial score (nSPS) is 12.1. The Morgan fingerprint density at radius 3 is 0.912 bits per heavy atom. The first-order valence-corrected chi connectivity index (χ1v) is 31.9. The van der Waals surface area contributed by atoms with Crippen molar-refractivity contribution in [3.8, 4) is 5.75 Å². The number of thioether (sulfide) groups is 2. The maximum Gasteiger partial charge on any atom is 0.303 e. The van der Waals surface area contributed by atoms with Gasteiger partial charge in [-0.25, -0.2) is 0 Å². The summed E-state index contributed by atoms with van der Waals surface area (Å²) in [4.78, 5) is 40.6. The van der Waals surface area contributed by atoms with Gasteiger partial charge in [0.25, 0.3) is 0 Å². The van der Waals surface area contributed by atoms with Crippen LogP contribution in [0.2, 0.25) is 0 Å². The maximum absolute atomic E-state index is 10.3. The van der Waals surface area contributed by atoms with E-state index in [9.17, 15) is 19.2 Å². The SMILES string of the molecule is CC(C)(C)CC(=O)O.CC(C)(C)CC(N)=O.CC(C)(C)CCC(=O)O.CC(C)(C)CCC(N)=O.CC(C)(C)CO.CC(C)(C)CS.CC(C)(C)Cc1ccc(O)cc1.CC(O)C(C)(C)C.CSCC(C)(C)C.CSCCC(C)(C)C. The molecule has 2 amide bonds. The largest absolute Gasteiger partial charge is 0.508 e. The smallest absolute Gasteiger partial charge is 0.303 e. The fourth-order valence-electron chi connectivity index (χ4n) is 4.02. The van der Waals surface area contributed by atoms with Gasteiger partial charge in [-0.2, -0.15) is 36.2 Å². The van der Waals surface area contributed by atoms with E-state index in [2.05, 4.69) is 129 Å². The van der Waals surface area contributed by atoms with Crippen LogP contribution in [0.4, 0.5) is 0 Å². The molecule has 1 aromatic rings. The Morgan fingerprint density at radius 2 is 0.812 bits per heavy atom.